The summed E-state index contributed by atoms with van der Waals surface area (Å²) in [6.45, 7) is 7.28. The van der Waals surface area contributed by atoms with Gasteiger partial charge < -0.3 is 4.90 Å². The third kappa shape index (κ3) is 5.52. The van der Waals surface area contributed by atoms with Gasteiger partial charge in [-0.3, -0.25) is 4.79 Å². The van der Waals surface area contributed by atoms with Crippen molar-refractivity contribution in [2.75, 3.05) is 13.6 Å². The van der Waals surface area contributed by atoms with Gasteiger partial charge in [-0.25, -0.2) is 4.39 Å². The Hall–Kier alpha value is -1.22. The van der Waals surface area contributed by atoms with Crippen LogP contribution in [0.3, 0.4) is 0 Å². The molecule has 0 saturated heterocycles. The predicted octanol–water partition coefficient (Wildman–Crippen LogP) is 3.76. The standard InChI is InChI=1S/C16H24FNO/c1-12(2)10-13(3)18(4)9-8-16(19)14-6-5-7-15(17)11-14/h5-7,11-13H,8-10H2,1-4H3. The molecule has 1 aromatic carbocycles. The van der Waals surface area contributed by atoms with Crippen molar-refractivity contribution in [3.8, 4) is 0 Å². The summed E-state index contributed by atoms with van der Waals surface area (Å²) in [4.78, 5) is 14.1. The number of Topliss-reactive ketones (excluding diaryl/α,β-unsaturated/α-hetero) is 1. The Labute approximate surface area is 115 Å². The van der Waals surface area contributed by atoms with Gasteiger partial charge in [0.2, 0.25) is 0 Å². The number of nitrogens with zero attached hydrogens (tertiary/aromatic N) is 1. The van der Waals surface area contributed by atoms with E-state index in [1.165, 1.54) is 12.1 Å². The predicted molar refractivity (Wildman–Crippen MR) is 76.9 cm³/mol. The Morgan fingerprint density at radius 2 is 2.00 bits per heavy atom. The van der Waals surface area contributed by atoms with Gasteiger partial charge in [0.15, 0.2) is 5.78 Å². The van der Waals surface area contributed by atoms with Crippen LogP contribution in [0.25, 0.3) is 0 Å². The fourth-order valence-corrected chi connectivity index (χ4v) is 2.17. The molecule has 0 fully saturated rings. The molecular formula is C16H24FNO. The van der Waals surface area contributed by atoms with Crippen molar-refractivity contribution in [1.82, 2.24) is 4.90 Å². The van der Waals surface area contributed by atoms with Crippen molar-refractivity contribution in [3.05, 3.63) is 35.6 Å². The molecule has 1 unspecified atom stereocenters. The maximum absolute atomic E-state index is 13.0. The van der Waals surface area contributed by atoms with Crippen LogP contribution in [0.5, 0.6) is 0 Å². The number of halogens is 1. The first-order valence-corrected chi connectivity index (χ1v) is 6.89. The lowest BCUT2D eigenvalue weighted by atomic mass is 10.0. The monoisotopic (exact) mass is 265 g/mol. The average molecular weight is 265 g/mol. The van der Waals surface area contributed by atoms with Crippen molar-refractivity contribution in [2.24, 2.45) is 5.92 Å². The van der Waals surface area contributed by atoms with Gasteiger partial charge >= 0.3 is 0 Å². The average Bonchev–Trinajstić information content (AvgIpc) is 2.34. The number of rotatable bonds is 7. The summed E-state index contributed by atoms with van der Waals surface area (Å²) in [5, 5.41) is 0. The second-order valence-corrected chi connectivity index (χ2v) is 5.64. The van der Waals surface area contributed by atoms with E-state index < -0.39 is 0 Å². The lowest BCUT2D eigenvalue weighted by molar-refractivity contribution is 0.0959. The third-order valence-corrected chi connectivity index (χ3v) is 3.40. The van der Waals surface area contributed by atoms with E-state index in [0.29, 0.717) is 30.5 Å². The second kappa shape index (κ2) is 7.39. The van der Waals surface area contributed by atoms with Crippen molar-refractivity contribution >= 4 is 5.78 Å². The molecule has 1 aromatic rings. The molecule has 0 radical (unpaired) electrons. The Kier molecular flexibility index (Phi) is 6.16. The van der Waals surface area contributed by atoms with Crippen molar-refractivity contribution in [1.29, 1.82) is 0 Å². The minimum absolute atomic E-state index is 0.00287. The summed E-state index contributed by atoms with van der Waals surface area (Å²) < 4.78 is 13.0. The van der Waals surface area contributed by atoms with E-state index in [-0.39, 0.29) is 11.6 Å². The summed E-state index contributed by atoms with van der Waals surface area (Å²) in [5.41, 5.74) is 0.463. The number of ketones is 1. The van der Waals surface area contributed by atoms with Gasteiger partial charge in [-0.15, -0.1) is 0 Å². The lowest BCUT2D eigenvalue weighted by Crippen LogP contribution is -2.32. The molecule has 0 saturated carbocycles. The highest BCUT2D eigenvalue weighted by Gasteiger charge is 2.13. The minimum Gasteiger partial charge on any atom is -0.303 e. The molecular weight excluding hydrogens is 241 g/mol. The molecule has 0 N–H and O–H groups in total. The van der Waals surface area contributed by atoms with Crippen LogP contribution in [0.2, 0.25) is 0 Å². The molecule has 0 spiro atoms. The first-order valence-electron chi connectivity index (χ1n) is 6.89. The van der Waals surface area contributed by atoms with Gasteiger partial charge in [0.25, 0.3) is 0 Å². The summed E-state index contributed by atoms with van der Waals surface area (Å²) >= 11 is 0. The lowest BCUT2D eigenvalue weighted by Gasteiger charge is -2.25. The zero-order valence-corrected chi connectivity index (χ0v) is 12.3. The molecule has 0 aliphatic carbocycles. The molecule has 0 bridgehead atoms. The van der Waals surface area contributed by atoms with Crippen LogP contribution < -0.4 is 0 Å². The normalized spacial score (nSPS) is 13.0. The van der Waals surface area contributed by atoms with Gasteiger partial charge in [-0.2, -0.15) is 0 Å². The maximum Gasteiger partial charge on any atom is 0.164 e. The van der Waals surface area contributed by atoms with Crippen LogP contribution in [0.4, 0.5) is 4.39 Å². The molecule has 106 valence electrons. The quantitative estimate of drug-likeness (QED) is 0.700. The Bertz CT molecular complexity index is 417. The van der Waals surface area contributed by atoms with Crippen LogP contribution in [-0.2, 0) is 0 Å². The van der Waals surface area contributed by atoms with Crippen molar-refractivity contribution < 1.29 is 9.18 Å². The largest absolute Gasteiger partial charge is 0.303 e. The molecule has 0 aliphatic rings. The van der Waals surface area contributed by atoms with E-state index in [1.807, 2.05) is 7.05 Å². The summed E-state index contributed by atoms with van der Waals surface area (Å²) in [6, 6.07) is 6.37. The smallest absolute Gasteiger partial charge is 0.164 e. The Morgan fingerprint density at radius 3 is 2.58 bits per heavy atom. The van der Waals surface area contributed by atoms with Gasteiger partial charge in [0, 0.05) is 24.6 Å². The first kappa shape index (κ1) is 15.8. The molecule has 0 heterocycles. The number of carbonyl (C=O) groups excluding carboxylic acids is 1. The van der Waals surface area contributed by atoms with Crippen molar-refractivity contribution in [3.63, 3.8) is 0 Å². The zero-order valence-electron chi connectivity index (χ0n) is 12.3. The highest BCUT2D eigenvalue weighted by molar-refractivity contribution is 5.96. The van der Waals surface area contributed by atoms with Gasteiger partial charge in [-0.05, 0) is 38.4 Å². The topological polar surface area (TPSA) is 20.3 Å². The van der Waals surface area contributed by atoms with E-state index in [4.69, 9.17) is 0 Å². The van der Waals surface area contributed by atoms with Gasteiger partial charge in [-0.1, -0.05) is 26.0 Å². The van der Waals surface area contributed by atoms with Crippen molar-refractivity contribution in [2.45, 2.75) is 39.7 Å². The Morgan fingerprint density at radius 1 is 1.32 bits per heavy atom. The summed E-state index contributed by atoms with van der Waals surface area (Å²) in [5.74, 6) is 0.298. The molecule has 3 heteroatoms. The number of hydrogen-bond donors (Lipinski definition) is 0. The first-order chi connectivity index (χ1) is 8.90. The van der Waals surface area contributed by atoms with Crippen LogP contribution in [0.1, 0.15) is 44.0 Å². The maximum atomic E-state index is 13.0. The van der Waals surface area contributed by atoms with Crippen LogP contribution in [-0.4, -0.2) is 30.3 Å². The van der Waals surface area contributed by atoms with Crippen LogP contribution in [0, 0.1) is 11.7 Å². The number of hydrogen-bond acceptors (Lipinski definition) is 2. The molecule has 0 amide bonds. The fraction of sp³-hybridized carbons (Fsp3) is 0.562. The molecule has 19 heavy (non-hydrogen) atoms. The summed E-state index contributed by atoms with van der Waals surface area (Å²) in [7, 11) is 2.03. The highest BCUT2D eigenvalue weighted by atomic mass is 19.1. The van der Waals surface area contributed by atoms with E-state index in [2.05, 4.69) is 25.7 Å². The van der Waals surface area contributed by atoms with E-state index in [1.54, 1.807) is 12.1 Å². The fourth-order valence-electron chi connectivity index (χ4n) is 2.17. The van der Waals surface area contributed by atoms with E-state index in [0.717, 1.165) is 6.42 Å². The Balaban J connectivity index is 2.46. The molecule has 1 rings (SSSR count). The minimum atomic E-state index is -0.354. The van der Waals surface area contributed by atoms with E-state index >= 15 is 0 Å². The third-order valence-electron chi connectivity index (χ3n) is 3.40. The van der Waals surface area contributed by atoms with Gasteiger partial charge in [0.05, 0.1) is 0 Å². The number of benzene rings is 1. The molecule has 0 aromatic heterocycles. The molecule has 1 atom stereocenters. The number of carbonyl (C=O) groups is 1. The zero-order chi connectivity index (χ0) is 14.4. The molecule has 0 aliphatic heterocycles. The van der Waals surface area contributed by atoms with E-state index in [9.17, 15) is 9.18 Å². The summed E-state index contributed by atoms with van der Waals surface area (Å²) in [6.07, 6.45) is 1.55. The molecule has 2 nitrogen and oxygen atoms in total. The second-order valence-electron chi connectivity index (χ2n) is 5.64. The van der Waals surface area contributed by atoms with Crippen LogP contribution >= 0.6 is 0 Å². The highest BCUT2D eigenvalue weighted by Crippen LogP contribution is 2.11. The van der Waals surface area contributed by atoms with Crippen LogP contribution in [0.15, 0.2) is 24.3 Å². The van der Waals surface area contributed by atoms with Gasteiger partial charge in [0.1, 0.15) is 5.82 Å². The SMILES string of the molecule is CC(C)CC(C)N(C)CCC(=O)c1cccc(F)c1.